The first kappa shape index (κ1) is 53.9. The molecule has 364 valence electrons. The summed E-state index contributed by atoms with van der Waals surface area (Å²) in [6.07, 6.45) is -0.310. The fourth-order valence-corrected chi connectivity index (χ4v) is 10.5. The number of hydrogen-bond acceptors (Lipinski definition) is 25. The maximum atomic E-state index is 13.1. The van der Waals surface area contributed by atoms with Crippen molar-refractivity contribution in [1.29, 1.82) is 0 Å². The monoisotopic (exact) mass is 1070 g/mol. The van der Waals surface area contributed by atoms with E-state index in [4.69, 9.17) is 4.55 Å². The molecule has 0 bridgehead atoms. The van der Waals surface area contributed by atoms with Crippen LogP contribution in [-0.2, 0) is 97.5 Å². The fraction of sp³-hybridized carbons (Fsp3) is 0.312. The van der Waals surface area contributed by atoms with Crippen molar-refractivity contribution < 1.29 is 94.1 Å². The fourth-order valence-electron chi connectivity index (χ4n) is 5.31. The van der Waals surface area contributed by atoms with Crippen LogP contribution in [0, 0.1) is 0 Å². The van der Waals surface area contributed by atoms with Crippen molar-refractivity contribution in [3.05, 3.63) is 66.2 Å². The van der Waals surface area contributed by atoms with Crippen LogP contribution in [-0.4, -0.2) is 125 Å². The Hall–Kier alpha value is -4.69. The van der Waals surface area contributed by atoms with Gasteiger partial charge in [-0.05, 0) is 67.1 Å². The number of hydrogen-bond donors (Lipinski definition) is 4. The van der Waals surface area contributed by atoms with Gasteiger partial charge in [-0.15, -0.1) is 15.3 Å². The number of phenols is 1. The van der Waals surface area contributed by atoms with Crippen molar-refractivity contribution in [3.63, 3.8) is 0 Å². The molecule has 0 unspecified atom stereocenters. The maximum Gasteiger partial charge on any atom is 0.399 e. The third kappa shape index (κ3) is 14.9. The summed E-state index contributed by atoms with van der Waals surface area (Å²) in [6, 6.07) is 10.3. The second-order valence-electron chi connectivity index (χ2n) is 12.8. The average Bonchev–Trinajstić information content (AvgIpc) is 3.22. The van der Waals surface area contributed by atoms with Crippen LogP contribution in [0.25, 0.3) is 10.8 Å². The van der Waals surface area contributed by atoms with E-state index in [-0.39, 0.29) is 33.5 Å². The van der Waals surface area contributed by atoms with Gasteiger partial charge in [0.1, 0.15) is 33.6 Å². The average molecular weight is 1070 g/mol. The van der Waals surface area contributed by atoms with Gasteiger partial charge in [0.2, 0.25) is 0 Å². The van der Waals surface area contributed by atoms with E-state index in [1.807, 2.05) is 0 Å². The topological polar surface area (TPSA) is 407 Å². The lowest BCUT2D eigenvalue weighted by molar-refractivity contribution is 0.255. The standard InChI is InChI=1S/C32H37N5O22S7/c1-55-63(46,47)20-33-28-12-10-25-26(31(28)37-35-27-11-9-24(18-29(27)64(48,49)56-2)61(41,42)16-14-59-66(53,54)57-3)17-21(19-62(43,44)45)30(32(25)38)36-34-22-5-7-23(8-6-22)60(39,40)15-4-13-58-65(50,51)52/h5-12,17-18,33,38H,4,13-16,19-20H2,1-3H3,(H,43,44,45)(H,50,51,52). The molecular formula is C32H37N5O22S7. The molecule has 0 saturated heterocycles. The molecule has 0 amide bonds. The normalized spacial score (nSPS) is 13.5. The van der Waals surface area contributed by atoms with Crippen LogP contribution in [0.5, 0.6) is 5.75 Å². The van der Waals surface area contributed by atoms with Crippen molar-refractivity contribution in [2.75, 3.05) is 57.2 Å². The van der Waals surface area contributed by atoms with Crippen LogP contribution in [0.1, 0.15) is 12.0 Å². The molecule has 66 heavy (non-hydrogen) atoms. The van der Waals surface area contributed by atoms with E-state index in [1.165, 1.54) is 18.2 Å². The molecule has 0 saturated carbocycles. The Bertz CT molecular complexity index is 3350. The number of anilines is 1. The van der Waals surface area contributed by atoms with Crippen LogP contribution >= 0.6 is 0 Å². The molecular weight excluding hydrogens is 1030 g/mol. The number of nitrogens with one attached hydrogen (secondary N) is 1. The number of fused-ring (bicyclic) bond motifs is 1. The summed E-state index contributed by atoms with van der Waals surface area (Å²) in [6.45, 7) is -1.56. The molecule has 0 aliphatic heterocycles. The lowest BCUT2D eigenvalue weighted by Crippen LogP contribution is -2.17. The van der Waals surface area contributed by atoms with Gasteiger partial charge in [-0.1, -0.05) is 0 Å². The molecule has 0 fully saturated rings. The number of aromatic hydroxyl groups is 1. The zero-order valence-corrected chi connectivity index (χ0v) is 39.7. The van der Waals surface area contributed by atoms with Crippen LogP contribution < -0.4 is 5.32 Å². The first-order valence-corrected chi connectivity index (χ1v) is 28.2. The zero-order chi connectivity index (χ0) is 49.5. The van der Waals surface area contributed by atoms with Crippen molar-refractivity contribution in [2.24, 2.45) is 20.5 Å². The minimum atomic E-state index is -4.95. The molecule has 4 rings (SSSR count). The largest absolute Gasteiger partial charge is 0.505 e. The van der Waals surface area contributed by atoms with Gasteiger partial charge in [-0.2, -0.15) is 47.2 Å². The van der Waals surface area contributed by atoms with Crippen LogP contribution in [0.15, 0.2) is 95.8 Å². The summed E-state index contributed by atoms with van der Waals surface area (Å²) < 4.78 is 211. The van der Waals surface area contributed by atoms with Crippen LogP contribution in [0.2, 0.25) is 0 Å². The predicted molar refractivity (Wildman–Crippen MR) is 229 cm³/mol. The summed E-state index contributed by atoms with van der Waals surface area (Å²) in [5.41, 5.74) is -2.32. The van der Waals surface area contributed by atoms with Gasteiger partial charge < -0.3 is 10.4 Å². The number of benzene rings is 4. The summed E-state index contributed by atoms with van der Waals surface area (Å²) in [7, 11) is -29.5. The van der Waals surface area contributed by atoms with E-state index < -0.39 is 145 Å². The van der Waals surface area contributed by atoms with Crippen molar-refractivity contribution in [2.45, 2.75) is 26.9 Å². The van der Waals surface area contributed by atoms with Crippen LogP contribution in [0.3, 0.4) is 0 Å². The Morgan fingerprint density at radius 2 is 1.23 bits per heavy atom. The quantitative estimate of drug-likeness (QED) is 0.0339. The third-order valence-corrected chi connectivity index (χ3v) is 16.2. The Kier molecular flexibility index (Phi) is 17.2. The van der Waals surface area contributed by atoms with Gasteiger partial charge in [-0.3, -0.25) is 21.7 Å². The van der Waals surface area contributed by atoms with Crippen molar-refractivity contribution in [1.82, 2.24) is 0 Å². The van der Waals surface area contributed by atoms with E-state index in [1.54, 1.807) is 0 Å². The first-order valence-electron chi connectivity index (χ1n) is 17.6. The number of sulfone groups is 2. The molecule has 0 atom stereocenters. The number of phenolic OH excluding ortho intramolecular Hbond substituents is 1. The SMILES string of the molecule is COS(=O)(=O)CNc1ccc2c(O)c(N=Nc3ccc(S(=O)(=O)CCCOS(=O)(=O)O)cc3)c(CS(=O)(=O)O)cc2c1N=Nc1ccc(S(=O)(=O)CCOS(=O)(=O)OC)cc1S(=O)(=O)OC. The molecule has 0 aliphatic carbocycles. The minimum Gasteiger partial charge on any atom is -0.505 e. The van der Waals surface area contributed by atoms with Gasteiger partial charge in [0.25, 0.3) is 30.4 Å². The molecule has 0 heterocycles. The molecule has 0 aromatic heterocycles. The highest BCUT2D eigenvalue weighted by molar-refractivity contribution is 7.92. The second kappa shape index (κ2) is 21.1. The summed E-state index contributed by atoms with van der Waals surface area (Å²) >= 11 is 0. The van der Waals surface area contributed by atoms with Gasteiger partial charge >= 0.3 is 20.8 Å². The lowest BCUT2D eigenvalue weighted by atomic mass is 10.0. The van der Waals surface area contributed by atoms with Gasteiger partial charge in [0.15, 0.2) is 25.4 Å². The van der Waals surface area contributed by atoms with Crippen molar-refractivity contribution >= 4 is 110 Å². The van der Waals surface area contributed by atoms with E-state index in [9.17, 15) is 68.6 Å². The minimum absolute atomic E-state index is 0.0534. The Balaban J connectivity index is 1.87. The first-order chi connectivity index (χ1) is 30.4. The van der Waals surface area contributed by atoms with E-state index in [0.717, 1.165) is 57.7 Å². The molecule has 0 aliphatic rings. The molecule has 4 N–H and O–H groups in total. The molecule has 0 radical (unpaired) electrons. The highest BCUT2D eigenvalue weighted by Gasteiger charge is 2.26. The zero-order valence-electron chi connectivity index (χ0n) is 34.0. The second-order valence-corrected chi connectivity index (χ2v) is 24.4. The summed E-state index contributed by atoms with van der Waals surface area (Å²) in [5, 5.41) is 29.5. The maximum absolute atomic E-state index is 13.1. The summed E-state index contributed by atoms with van der Waals surface area (Å²) in [5.74, 6) is -4.55. The molecule has 0 spiro atoms. The Morgan fingerprint density at radius 3 is 1.82 bits per heavy atom. The van der Waals surface area contributed by atoms with Gasteiger partial charge in [0.05, 0.1) is 67.2 Å². The third-order valence-electron chi connectivity index (χ3n) is 8.42. The number of nitrogens with zero attached hydrogens (tertiary/aromatic N) is 4. The lowest BCUT2D eigenvalue weighted by Gasteiger charge is -2.15. The predicted octanol–water partition coefficient (Wildman–Crippen LogP) is 3.11. The highest BCUT2D eigenvalue weighted by Crippen LogP contribution is 2.46. The number of rotatable bonds is 24. The highest BCUT2D eigenvalue weighted by atomic mass is 32.3. The molecule has 4 aromatic rings. The number of azo groups is 2. The molecule has 4 aromatic carbocycles. The van der Waals surface area contributed by atoms with E-state index >= 15 is 0 Å². The van der Waals surface area contributed by atoms with Crippen molar-refractivity contribution in [3.8, 4) is 5.75 Å². The van der Waals surface area contributed by atoms with Crippen LogP contribution in [0.4, 0.5) is 28.4 Å². The Labute approximate surface area is 378 Å². The van der Waals surface area contributed by atoms with E-state index in [0.29, 0.717) is 6.07 Å². The smallest absolute Gasteiger partial charge is 0.399 e. The molecule has 34 heteroatoms. The molecule has 27 nitrogen and oxygen atoms in total. The van der Waals surface area contributed by atoms with Gasteiger partial charge in [0, 0.05) is 16.3 Å². The van der Waals surface area contributed by atoms with E-state index in [2.05, 4.69) is 46.7 Å². The van der Waals surface area contributed by atoms with Gasteiger partial charge in [-0.25, -0.2) is 25.2 Å². The Morgan fingerprint density at radius 1 is 0.606 bits per heavy atom. The summed E-state index contributed by atoms with van der Waals surface area (Å²) in [4.78, 5) is -1.81.